The molecule has 0 aliphatic heterocycles. The van der Waals surface area contributed by atoms with E-state index in [4.69, 9.17) is 35.5 Å². The van der Waals surface area contributed by atoms with Gasteiger partial charge in [0.2, 0.25) is 0 Å². The molecule has 0 spiro atoms. The number of carboxylic acids is 1. The second-order valence-corrected chi connectivity index (χ2v) is 8.09. The summed E-state index contributed by atoms with van der Waals surface area (Å²) in [5, 5.41) is 8.83. The molecule has 0 amide bonds. The molecule has 0 aliphatic rings. The fraction of sp³-hybridized carbons (Fsp3) is 0.955. The number of ether oxygens (including phenoxy) is 4. The Morgan fingerprint density at radius 2 is 1.23 bits per heavy atom. The van der Waals surface area contributed by atoms with Crippen LogP contribution in [0.15, 0.2) is 0 Å². The van der Waals surface area contributed by atoms with E-state index in [0.717, 1.165) is 77.5 Å². The second kappa shape index (κ2) is 21.5. The normalized spacial score (nSPS) is 13.4. The molecule has 0 aromatic rings. The van der Waals surface area contributed by atoms with E-state index in [2.05, 4.69) is 6.92 Å². The van der Waals surface area contributed by atoms with Crippen LogP contribution in [0.1, 0.15) is 64.7 Å². The average molecular weight is 435 g/mol. The molecule has 0 aliphatic carbocycles. The Labute approximate surface area is 182 Å². The minimum absolute atomic E-state index is 0.0270. The molecule has 1 unspecified atom stereocenters. The lowest BCUT2D eigenvalue weighted by Gasteiger charge is -2.29. The van der Waals surface area contributed by atoms with Gasteiger partial charge in [-0.15, -0.1) is 0 Å². The van der Waals surface area contributed by atoms with Gasteiger partial charge in [0.25, 0.3) is 0 Å². The molecule has 0 bridgehead atoms. The number of hydrogen-bond donors (Lipinski definition) is 3. The van der Waals surface area contributed by atoms with E-state index < -0.39 is 5.97 Å². The Bertz CT molecular complexity index is 363. The molecule has 0 aromatic heterocycles. The van der Waals surface area contributed by atoms with Crippen LogP contribution in [-0.2, 0) is 23.7 Å². The van der Waals surface area contributed by atoms with E-state index in [1.54, 1.807) is 0 Å². The zero-order chi connectivity index (χ0) is 22.3. The Hall–Kier alpha value is -0.770. The van der Waals surface area contributed by atoms with Gasteiger partial charge in [-0.1, -0.05) is 19.8 Å². The Morgan fingerprint density at radius 3 is 1.77 bits per heavy atom. The van der Waals surface area contributed by atoms with Crippen LogP contribution < -0.4 is 11.5 Å². The van der Waals surface area contributed by atoms with Crippen molar-refractivity contribution in [2.24, 2.45) is 16.9 Å². The van der Waals surface area contributed by atoms with Crippen LogP contribution in [0.2, 0.25) is 0 Å². The van der Waals surface area contributed by atoms with Crippen molar-refractivity contribution in [3.05, 3.63) is 0 Å². The third-order valence-electron chi connectivity index (χ3n) is 4.94. The summed E-state index contributed by atoms with van der Waals surface area (Å²) in [6, 6.07) is 0. The zero-order valence-electron chi connectivity index (χ0n) is 19.1. The summed E-state index contributed by atoms with van der Waals surface area (Å²) < 4.78 is 22.0. The maximum absolute atomic E-state index is 10.8. The lowest BCUT2D eigenvalue weighted by atomic mass is 9.81. The van der Waals surface area contributed by atoms with Crippen molar-refractivity contribution in [1.82, 2.24) is 0 Å². The molecule has 0 heterocycles. The van der Waals surface area contributed by atoms with Crippen molar-refractivity contribution in [3.8, 4) is 0 Å². The molecule has 0 rings (SSSR count). The summed E-state index contributed by atoms with van der Waals surface area (Å²) in [5.41, 5.74) is 10.8. The third-order valence-corrected chi connectivity index (χ3v) is 4.94. The van der Waals surface area contributed by atoms with Gasteiger partial charge in [0.1, 0.15) is 6.61 Å². The van der Waals surface area contributed by atoms with Gasteiger partial charge in [-0.3, -0.25) is 0 Å². The van der Waals surface area contributed by atoms with Gasteiger partial charge in [-0.05, 0) is 56.9 Å². The van der Waals surface area contributed by atoms with E-state index in [1.807, 2.05) is 0 Å². The monoisotopic (exact) mass is 434 g/mol. The molecule has 5 N–H and O–H groups in total. The number of rotatable bonds is 24. The van der Waals surface area contributed by atoms with Crippen LogP contribution >= 0.6 is 0 Å². The first-order valence-electron chi connectivity index (χ1n) is 11.5. The minimum atomic E-state index is -0.925. The van der Waals surface area contributed by atoms with E-state index in [0.29, 0.717) is 39.6 Å². The first kappa shape index (κ1) is 29.2. The smallest absolute Gasteiger partial charge is 0.329 e. The van der Waals surface area contributed by atoms with E-state index in [9.17, 15) is 4.79 Å². The topological polar surface area (TPSA) is 126 Å². The van der Waals surface area contributed by atoms with E-state index in [1.165, 1.54) is 0 Å². The Kier molecular flexibility index (Phi) is 20.9. The number of nitrogens with two attached hydrogens (primary N) is 2. The molecule has 1 atom stereocenters. The number of aliphatic carboxylic acids is 1. The first-order valence-corrected chi connectivity index (χ1v) is 11.5. The molecule has 8 nitrogen and oxygen atoms in total. The van der Waals surface area contributed by atoms with Gasteiger partial charge >= 0.3 is 5.97 Å². The van der Waals surface area contributed by atoms with Crippen molar-refractivity contribution in [2.75, 3.05) is 65.9 Å². The average Bonchev–Trinajstić information content (AvgIpc) is 2.71. The third kappa shape index (κ3) is 20.5. The van der Waals surface area contributed by atoms with Gasteiger partial charge in [0.15, 0.2) is 0 Å². The molecular weight excluding hydrogens is 388 g/mol. The van der Waals surface area contributed by atoms with Crippen LogP contribution in [-0.4, -0.2) is 77.0 Å². The zero-order valence-corrected chi connectivity index (χ0v) is 19.1. The van der Waals surface area contributed by atoms with Crippen LogP contribution in [0.3, 0.4) is 0 Å². The molecule has 8 heteroatoms. The van der Waals surface area contributed by atoms with Crippen molar-refractivity contribution in [3.63, 3.8) is 0 Å². The lowest BCUT2D eigenvalue weighted by Crippen LogP contribution is -2.25. The maximum Gasteiger partial charge on any atom is 0.329 e. The highest BCUT2D eigenvalue weighted by molar-refractivity contribution is 5.67. The predicted molar refractivity (Wildman–Crippen MR) is 119 cm³/mol. The van der Waals surface area contributed by atoms with Crippen molar-refractivity contribution in [1.29, 1.82) is 0 Å². The molecule has 0 radical (unpaired) electrons. The number of carboxylic acid groups (broad SMARTS) is 1. The summed E-state index contributed by atoms with van der Waals surface area (Å²) in [6.07, 6.45) is 9.29. The fourth-order valence-corrected chi connectivity index (χ4v) is 3.20. The molecule has 0 aromatic carbocycles. The Balaban J connectivity index is 3.95. The quantitative estimate of drug-likeness (QED) is 0.198. The SMILES string of the molecule is CC(CCCCOCCCCCN)(CCCCOCCOCCN)COCC(=O)O. The van der Waals surface area contributed by atoms with Crippen LogP contribution in [0.4, 0.5) is 0 Å². The summed E-state index contributed by atoms with van der Waals surface area (Å²) in [6.45, 7) is 7.70. The first-order chi connectivity index (χ1) is 14.5. The largest absolute Gasteiger partial charge is 0.480 e. The molecule has 0 saturated carbocycles. The van der Waals surface area contributed by atoms with Gasteiger partial charge < -0.3 is 35.5 Å². The van der Waals surface area contributed by atoms with Gasteiger partial charge in [-0.2, -0.15) is 0 Å². The number of carbonyl (C=O) groups is 1. The van der Waals surface area contributed by atoms with E-state index >= 15 is 0 Å². The van der Waals surface area contributed by atoms with Crippen LogP contribution in [0.5, 0.6) is 0 Å². The molecule has 0 saturated heterocycles. The van der Waals surface area contributed by atoms with Gasteiger partial charge in [0.05, 0.1) is 26.4 Å². The Morgan fingerprint density at radius 1 is 0.700 bits per heavy atom. The summed E-state index contributed by atoms with van der Waals surface area (Å²) in [5.74, 6) is -0.925. The maximum atomic E-state index is 10.8. The highest BCUT2D eigenvalue weighted by Crippen LogP contribution is 2.31. The molecule has 180 valence electrons. The van der Waals surface area contributed by atoms with Crippen molar-refractivity contribution >= 4 is 5.97 Å². The standard InChI is InChI=1S/C22H46N2O6/c1-22(20-30-19-21(25)26,9-3-7-14-27-13-6-2-5-11-23)10-4-8-15-28-17-18-29-16-12-24/h2-20,23-24H2,1H3,(H,25,26). The lowest BCUT2D eigenvalue weighted by molar-refractivity contribution is -0.143. The molecule has 30 heavy (non-hydrogen) atoms. The van der Waals surface area contributed by atoms with Crippen LogP contribution in [0, 0.1) is 5.41 Å². The highest BCUT2D eigenvalue weighted by Gasteiger charge is 2.24. The van der Waals surface area contributed by atoms with Crippen molar-refractivity contribution < 1.29 is 28.8 Å². The van der Waals surface area contributed by atoms with Crippen molar-refractivity contribution in [2.45, 2.75) is 64.7 Å². The van der Waals surface area contributed by atoms with Crippen LogP contribution in [0.25, 0.3) is 0 Å². The highest BCUT2D eigenvalue weighted by atomic mass is 16.5. The number of unbranched alkanes of at least 4 members (excludes halogenated alkanes) is 4. The van der Waals surface area contributed by atoms with E-state index in [-0.39, 0.29) is 12.0 Å². The molecule has 0 fully saturated rings. The fourth-order valence-electron chi connectivity index (χ4n) is 3.20. The minimum Gasteiger partial charge on any atom is -0.480 e. The second-order valence-electron chi connectivity index (χ2n) is 8.09. The molecular formula is C22H46N2O6. The number of hydrogen-bond acceptors (Lipinski definition) is 7. The summed E-state index contributed by atoms with van der Waals surface area (Å²) in [7, 11) is 0. The summed E-state index contributed by atoms with van der Waals surface area (Å²) in [4.78, 5) is 10.8. The van der Waals surface area contributed by atoms with Gasteiger partial charge in [0, 0.05) is 26.4 Å². The predicted octanol–water partition coefficient (Wildman–Crippen LogP) is 2.57. The summed E-state index contributed by atoms with van der Waals surface area (Å²) >= 11 is 0. The van der Waals surface area contributed by atoms with Gasteiger partial charge in [-0.25, -0.2) is 4.79 Å².